The van der Waals surface area contributed by atoms with Crippen LogP contribution in [0.3, 0.4) is 0 Å². The van der Waals surface area contributed by atoms with Crippen LogP contribution in [0, 0.1) is 6.92 Å². The number of likely N-dealkylation sites (N-methyl/N-ethyl adjacent to an activating group) is 1. The van der Waals surface area contributed by atoms with Crippen LogP contribution < -0.4 is 5.32 Å². The molecule has 1 aromatic carbocycles. The smallest absolute Gasteiger partial charge is 0.118 e. The Labute approximate surface area is 122 Å². The minimum atomic E-state index is 0.843. The fourth-order valence-corrected chi connectivity index (χ4v) is 2.14. The summed E-state index contributed by atoms with van der Waals surface area (Å²) in [6.07, 6.45) is 0. The third kappa shape index (κ3) is 4.73. The molecular weight excluding hydrogens is 304 g/mol. The van der Waals surface area contributed by atoms with Gasteiger partial charge in [0, 0.05) is 23.2 Å². The van der Waals surface area contributed by atoms with Gasteiger partial charge in [0.2, 0.25) is 0 Å². The highest BCUT2D eigenvalue weighted by Crippen LogP contribution is 2.14. The molecule has 0 saturated carbocycles. The molecule has 0 aliphatic rings. The van der Waals surface area contributed by atoms with Crippen molar-refractivity contribution in [1.29, 1.82) is 0 Å². The Morgan fingerprint density at radius 1 is 1.16 bits per heavy atom. The monoisotopic (exact) mass is 322 g/mol. The van der Waals surface area contributed by atoms with E-state index < -0.39 is 0 Å². The Balaban J connectivity index is 1.71. The molecule has 3 nitrogen and oxygen atoms in total. The molecule has 0 aliphatic carbocycles. The van der Waals surface area contributed by atoms with Gasteiger partial charge in [-0.3, -0.25) is 4.90 Å². The second-order valence-corrected chi connectivity index (χ2v) is 5.60. The lowest BCUT2D eigenvalue weighted by Gasteiger charge is -2.16. The molecule has 102 valence electrons. The van der Waals surface area contributed by atoms with Gasteiger partial charge in [0.05, 0.1) is 6.54 Å². The largest absolute Gasteiger partial charge is 0.465 e. The van der Waals surface area contributed by atoms with E-state index in [-0.39, 0.29) is 0 Å². The fourth-order valence-electron chi connectivity index (χ4n) is 1.87. The zero-order chi connectivity index (χ0) is 13.7. The number of aryl methyl sites for hydroxylation is 1. The molecule has 0 spiro atoms. The average Bonchev–Trinajstić information content (AvgIpc) is 2.77. The molecule has 0 unspecified atom stereocenters. The number of nitrogens with zero attached hydrogens (tertiary/aromatic N) is 1. The van der Waals surface area contributed by atoms with Gasteiger partial charge in [0.15, 0.2) is 0 Å². The van der Waals surface area contributed by atoms with Crippen molar-refractivity contribution in [3.8, 4) is 0 Å². The van der Waals surface area contributed by atoms with Crippen molar-refractivity contribution in [3.05, 3.63) is 52.4 Å². The topological polar surface area (TPSA) is 28.4 Å². The number of anilines is 1. The first kappa shape index (κ1) is 14.2. The van der Waals surface area contributed by atoms with Crippen LogP contribution in [0.4, 0.5) is 5.69 Å². The summed E-state index contributed by atoms with van der Waals surface area (Å²) in [5.41, 5.74) is 1.14. The molecule has 19 heavy (non-hydrogen) atoms. The second-order valence-electron chi connectivity index (χ2n) is 4.68. The number of benzene rings is 1. The van der Waals surface area contributed by atoms with Crippen molar-refractivity contribution in [2.45, 2.75) is 13.5 Å². The molecule has 0 amide bonds. The molecule has 2 rings (SSSR count). The summed E-state index contributed by atoms with van der Waals surface area (Å²) in [6.45, 7) is 4.70. The fraction of sp³-hybridized carbons (Fsp3) is 0.333. The Hall–Kier alpha value is -1.26. The van der Waals surface area contributed by atoms with Gasteiger partial charge >= 0.3 is 0 Å². The van der Waals surface area contributed by atoms with Crippen molar-refractivity contribution < 1.29 is 4.42 Å². The van der Waals surface area contributed by atoms with E-state index in [0.29, 0.717) is 0 Å². The number of hydrogen-bond donors (Lipinski definition) is 1. The molecule has 0 bridgehead atoms. The molecule has 4 heteroatoms. The van der Waals surface area contributed by atoms with E-state index in [1.807, 2.05) is 31.2 Å². The van der Waals surface area contributed by atoms with Gasteiger partial charge in [0.25, 0.3) is 0 Å². The third-order valence-corrected chi connectivity index (χ3v) is 3.42. The first-order chi connectivity index (χ1) is 9.13. The van der Waals surface area contributed by atoms with Crippen LogP contribution in [-0.2, 0) is 6.54 Å². The van der Waals surface area contributed by atoms with Gasteiger partial charge in [-0.05, 0) is 50.4 Å². The van der Waals surface area contributed by atoms with E-state index in [1.165, 1.54) is 0 Å². The van der Waals surface area contributed by atoms with Crippen LogP contribution in [0.5, 0.6) is 0 Å². The molecule has 1 N–H and O–H groups in total. The number of nitrogens with one attached hydrogen (secondary N) is 1. The lowest BCUT2D eigenvalue weighted by Crippen LogP contribution is -2.24. The molecule has 0 fully saturated rings. The summed E-state index contributed by atoms with van der Waals surface area (Å²) in [7, 11) is 2.10. The second kappa shape index (κ2) is 6.78. The highest BCUT2D eigenvalue weighted by atomic mass is 79.9. The minimum Gasteiger partial charge on any atom is -0.465 e. The molecule has 1 aromatic heterocycles. The number of halogens is 1. The zero-order valence-corrected chi connectivity index (χ0v) is 12.9. The summed E-state index contributed by atoms with van der Waals surface area (Å²) >= 11 is 3.43. The SMILES string of the molecule is Cc1ccc(CN(C)CCNc2ccc(Br)cc2)o1. The van der Waals surface area contributed by atoms with Crippen molar-refractivity contribution in [2.75, 3.05) is 25.5 Å². The van der Waals surface area contributed by atoms with Crippen molar-refractivity contribution in [3.63, 3.8) is 0 Å². The standard InChI is InChI=1S/C15H19BrN2O/c1-12-3-8-15(19-12)11-18(2)10-9-17-14-6-4-13(16)5-7-14/h3-8,17H,9-11H2,1-2H3. The van der Waals surface area contributed by atoms with Gasteiger partial charge in [-0.25, -0.2) is 0 Å². The van der Waals surface area contributed by atoms with Gasteiger partial charge < -0.3 is 9.73 Å². The molecule has 2 aromatic rings. The van der Waals surface area contributed by atoms with Crippen LogP contribution in [0.1, 0.15) is 11.5 Å². The summed E-state index contributed by atoms with van der Waals surface area (Å²) in [4.78, 5) is 2.24. The Kier molecular flexibility index (Phi) is 5.05. The molecule has 1 heterocycles. The highest BCUT2D eigenvalue weighted by Gasteiger charge is 2.03. The summed E-state index contributed by atoms with van der Waals surface area (Å²) < 4.78 is 6.66. The lowest BCUT2D eigenvalue weighted by molar-refractivity contribution is 0.302. The van der Waals surface area contributed by atoms with Gasteiger partial charge in [-0.1, -0.05) is 15.9 Å². The van der Waals surface area contributed by atoms with E-state index in [1.54, 1.807) is 0 Å². The third-order valence-electron chi connectivity index (χ3n) is 2.89. The normalized spacial score (nSPS) is 10.9. The van der Waals surface area contributed by atoms with E-state index in [9.17, 15) is 0 Å². The highest BCUT2D eigenvalue weighted by molar-refractivity contribution is 9.10. The zero-order valence-electron chi connectivity index (χ0n) is 11.3. The quantitative estimate of drug-likeness (QED) is 0.874. The predicted molar refractivity (Wildman–Crippen MR) is 82.4 cm³/mol. The Morgan fingerprint density at radius 3 is 2.53 bits per heavy atom. The molecule has 0 atom stereocenters. The van der Waals surface area contributed by atoms with Gasteiger partial charge in [0.1, 0.15) is 11.5 Å². The molecule has 0 aliphatic heterocycles. The predicted octanol–water partition coefficient (Wildman–Crippen LogP) is 3.89. The van der Waals surface area contributed by atoms with Crippen LogP contribution in [0.25, 0.3) is 0 Å². The van der Waals surface area contributed by atoms with E-state index in [4.69, 9.17) is 4.42 Å². The van der Waals surface area contributed by atoms with Gasteiger partial charge in [-0.15, -0.1) is 0 Å². The Morgan fingerprint density at radius 2 is 1.89 bits per heavy atom. The first-order valence-corrected chi connectivity index (χ1v) is 7.16. The van der Waals surface area contributed by atoms with E-state index >= 15 is 0 Å². The number of rotatable bonds is 6. The van der Waals surface area contributed by atoms with Crippen molar-refractivity contribution >= 4 is 21.6 Å². The number of furan rings is 1. The molecule has 0 radical (unpaired) electrons. The van der Waals surface area contributed by atoms with Crippen LogP contribution in [0.15, 0.2) is 45.3 Å². The molecule has 0 saturated heterocycles. The average molecular weight is 323 g/mol. The Bertz CT molecular complexity index is 507. The lowest BCUT2D eigenvalue weighted by atomic mass is 10.3. The summed E-state index contributed by atoms with van der Waals surface area (Å²) in [6, 6.07) is 12.3. The maximum absolute atomic E-state index is 5.56. The maximum atomic E-state index is 5.56. The van der Waals surface area contributed by atoms with Crippen molar-refractivity contribution in [2.24, 2.45) is 0 Å². The molecular formula is C15H19BrN2O. The summed E-state index contributed by atoms with van der Waals surface area (Å²) in [5.74, 6) is 1.99. The first-order valence-electron chi connectivity index (χ1n) is 6.37. The van der Waals surface area contributed by atoms with Crippen molar-refractivity contribution in [1.82, 2.24) is 4.90 Å². The number of hydrogen-bond acceptors (Lipinski definition) is 3. The summed E-state index contributed by atoms with van der Waals surface area (Å²) in [5, 5.41) is 3.40. The van der Waals surface area contributed by atoms with Gasteiger partial charge in [-0.2, -0.15) is 0 Å². The minimum absolute atomic E-state index is 0.843. The van der Waals surface area contributed by atoms with E-state index in [0.717, 1.165) is 41.3 Å². The van der Waals surface area contributed by atoms with Crippen LogP contribution >= 0.6 is 15.9 Å². The van der Waals surface area contributed by atoms with Crippen LogP contribution in [0.2, 0.25) is 0 Å². The van der Waals surface area contributed by atoms with E-state index in [2.05, 4.69) is 45.3 Å². The maximum Gasteiger partial charge on any atom is 0.118 e. The van der Waals surface area contributed by atoms with Crippen LogP contribution in [-0.4, -0.2) is 25.0 Å².